The molecule has 166 valence electrons. The van der Waals surface area contributed by atoms with E-state index in [4.69, 9.17) is 9.47 Å². The molecule has 2 aromatic carbocycles. The van der Waals surface area contributed by atoms with Crippen molar-refractivity contribution in [1.29, 1.82) is 0 Å². The first kappa shape index (κ1) is 22.7. The largest absolute Gasteiger partial charge is 0.457 e. The molecule has 3 rings (SSSR count). The average molecular weight is 438 g/mol. The summed E-state index contributed by atoms with van der Waals surface area (Å²) in [4.78, 5) is 61.8. The first-order chi connectivity index (χ1) is 15.0. The molecule has 0 atom stereocenters. The van der Waals surface area contributed by atoms with Crippen LogP contribution in [0.15, 0.2) is 42.5 Å². The Morgan fingerprint density at radius 3 is 2.16 bits per heavy atom. The molecule has 1 aliphatic rings. The van der Waals surface area contributed by atoms with Gasteiger partial charge in [0.1, 0.15) is 5.60 Å². The van der Waals surface area contributed by atoms with Crippen LogP contribution in [0.2, 0.25) is 0 Å². The molecule has 0 bridgehead atoms. The van der Waals surface area contributed by atoms with Crippen LogP contribution in [0, 0.1) is 0 Å². The van der Waals surface area contributed by atoms with Crippen LogP contribution in [0.3, 0.4) is 0 Å². The number of imide groups is 1. The Labute approximate surface area is 184 Å². The third kappa shape index (κ3) is 5.00. The average Bonchev–Trinajstić information content (AvgIpc) is 2.95. The lowest BCUT2D eigenvalue weighted by Gasteiger charge is -2.19. The Hall–Kier alpha value is -4.01. The molecule has 0 aliphatic carbocycles. The maximum Gasteiger partial charge on any atom is 0.344 e. The molecule has 2 aromatic rings. The minimum atomic E-state index is -0.822. The monoisotopic (exact) mass is 438 g/mol. The van der Waals surface area contributed by atoms with Crippen molar-refractivity contribution < 1.29 is 33.4 Å². The molecule has 0 unspecified atom stereocenters. The zero-order valence-corrected chi connectivity index (χ0v) is 18.1. The fourth-order valence-electron chi connectivity index (χ4n) is 3.08. The van der Waals surface area contributed by atoms with Crippen molar-refractivity contribution in [1.82, 2.24) is 0 Å². The number of hydrogen-bond donors (Lipinski definition) is 1. The lowest BCUT2D eigenvalue weighted by molar-refractivity contribution is -0.158. The Balaban J connectivity index is 1.75. The number of amides is 3. The van der Waals surface area contributed by atoms with Gasteiger partial charge < -0.3 is 14.8 Å². The molecule has 0 fully saturated rings. The predicted octanol–water partition coefficient (Wildman–Crippen LogP) is 2.94. The van der Waals surface area contributed by atoms with Gasteiger partial charge >= 0.3 is 11.9 Å². The normalized spacial score (nSPS) is 12.9. The highest BCUT2D eigenvalue weighted by molar-refractivity contribution is 6.34. The summed E-state index contributed by atoms with van der Waals surface area (Å²) < 4.78 is 10.0. The fraction of sp³-hybridized carbons (Fsp3) is 0.261. The number of ether oxygens (including phenoxy) is 2. The van der Waals surface area contributed by atoms with E-state index >= 15 is 0 Å². The molecule has 1 N–H and O–H groups in total. The number of rotatable bonds is 5. The quantitative estimate of drug-likeness (QED) is 0.563. The van der Waals surface area contributed by atoms with Crippen LogP contribution in [0.4, 0.5) is 11.4 Å². The molecule has 0 saturated carbocycles. The first-order valence-corrected chi connectivity index (χ1v) is 9.76. The summed E-state index contributed by atoms with van der Waals surface area (Å²) in [5.74, 6) is -2.90. The van der Waals surface area contributed by atoms with Crippen molar-refractivity contribution in [2.24, 2.45) is 0 Å². The van der Waals surface area contributed by atoms with E-state index < -0.39 is 36.0 Å². The topological polar surface area (TPSA) is 119 Å². The molecule has 1 aliphatic heterocycles. The summed E-state index contributed by atoms with van der Waals surface area (Å²) >= 11 is 0. The minimum absolute atomic E-state index is 0.0244. The molecule has 0 radical (unpaired) electrons. The van der Waals surface area contributed by atoms with Crippen molar-refractivity contribution in [3.63, 3.8) is 0 Å². The standard InChI is InChI=1S/C23H22N2O7/c1-13(26)24-15-6-8-16(9-7-15)25-20(28)17-10-5-14(11-18(17)21(25)29)22(30)31-12-19(27)32-23(2,3)4/h5-11H,12H2,1-4H3,(H,24,26). The van der Waals surface area contributed by atoms with Gasteiger partial charge in [-0.25, -0.2) is 14.5 Å². The zero-order chi connectivity index (χ0) is 23.6. The number of hydrogen-bond acceptors (Lipinski definition) is 7. The second kappa shape index (κ2) is 8.62. The number of carbonyl (C=O) groups is 5. The summed E-state index contributed by atoms with van der Waals surface area (Å²) in [6, 6.07) is 10.2. The lowest BCUT2D eigenvalue weighted by Crippen LogP contribution is -2.29. The smallest absolute Gasteiger partial charge is 0.344 e. The molecule has 3 amide bonds. The molecule has 0 aromatic heterocycles. The predicted molar refractivity (Wildman–Crippen MR) is 114 cm³/mol. The number of esters is 2. The third-order valence-corrected chi connectivity index (χ3v) is 4.31. The van der Waals surface area contributed by atoms with E-state index in [0.29, 0.717) is 11.4 Å². The Morgan fingerprint density at radius 1 is 0.938 bits per heavy atom. The Kier molecular flexibility index (Phi) is 6.11. The SMILES string of the molecule is CC(=O)Nc1ccc(N2C(=O)c3ccc(C(=O)OCC(=O)OC(C)(C)C)cc3C2=O)cc1. The van der Waals surface area contributed by atoms with Crippen molar-refractivity contribution >= 4 is 41.0 Å². The fourth-order valence-corrected chi connectivity index (χ4v) is 3.08. The first-order valence-electron chi connectivity index (χ1n) is 9.76. The number of nitrogens with zero attached hydrogens (tertiary/aromatic N) is 1. The van der Waals surface area contributed by atoms with Crippen molar-refractivity contribution in [3.05, 3.63) is 59.2 Å². The summed E-state index contributed by atoms with van der Waals surface area (Å²) in [7, 11) is 0. The minimum Gasteiger partial charge on any atom is -0.457 e. The van der Waals surface area contributed by atoms with Gasteiger partial charge in [-0.1, -0.05) is 0 Å². The number of benzene rings is 2. The van der Waals surface area contributed by atoms with Crippen LogP contribution in [0.25, 0.3) is 0 Å². The van der Waals surface area contributed by atoms with Crippen LogP contribution in [0.5, 0.6) is 0 Å². The van der Waals surface area contributed by atoms with Crippen LogP contribution in [0.1, 0.15) is 58.8 Å². The summed E-state index contributed by atoms with van der Waals surface area (Å²) in [6.45, 7) is 5.86. The van der Waals surface area contributed by atoms with E-state index in [2.05, 4.69) is 5.32 Å². The lowest BCUT2D eigenvalue weighted by atomic mass is 10.1. The Bertz CT molecular complexity index is 1110. The molecule has 9 heteroatoms. The summed E-state index contributed by atoms with van der Waals surface area (Å²) in [5.41, 5.74) is 0.342. The van der Waals surface area contributed by atoms with Crippen molar-refractivity contribution in [3.8, 4) is 0 Å². The van der Waals surface area contributed by atoms with Gasteiger partial charge in [-0.2, -0.15) is 0 Å². The highest BCUT2D eigenvalue weighted by Crippen LogP contribution is 2.30. The van der Waals surface area contributed by atoms with Crippen LogP contribution in [-0.2, 0) is 19.1 Å². The molecule has 0 saturated heterocycles. The van der Waals surface area contributed by atoms with Gasteiger partial charge in [-0.15, -0.1) is 0 Å². The van der Waals surface area contributed by atoms with Gasteiger partial charge in [-0.3, -0.25) is 14.4 Å². The number of nitrogens with one attached hydrogen (secondary N) is 1. The molecular formula is C23H22N2O7. The van der Waals surface area contributed by atoms with Crippen molar-refractivity contribution in [2.45, 2.75) is 33.3 Å². The van der Waals surface area contributed by atoms with Gasteiger partial charge in [0, 0.05) is 12.6 Å². The Morgan fingerprint density at radius 2 is 1.56 bits per heavy atom. The number of anilines is 2. The van der Waals surface area contributed by atoms with E-state index in [9.17, 15) is 24.0 Å². The molecular weight excluding hydrogens is 416 g/mol. The van der Waals surface area contributed by atoms with Crippen molar-refractivity contribution in [2.75, 3.05) is 16.8 Å². The highest BCUT2D eigenvalue weighted by atomic mass is 16.6. The van der Waals surface area contributed by atoms with E-state index in [1.807, 2.05) is 0 Å². The van der Waals surface area contributed by atoms with Gasteiger partial charge in [0.2, 0.25) is 5.91 Å². The third-order valence-electron chi connectivity index (χ3n) is 4.31. The van der Waals surface area contributed by atoms with Gasteiger partial charge in [0.15, 0.2) is 6.61 Å². The molecule has 0 spiro atoms. The van der Waals surface area contributed by atoms with Crippen LogP contribution in [-0.4, -0.2) is 41.9 Å². The summed E-state index contributed by atoms with van der Waals surface area (Å²) in [5, 5.41) is 2.60. The van der Waals surface area contributed by atoms with E-state index in [-0.39, 0.29) is 22.6 Å². The second-order valence-electron chi connectivity index (χ2n) is 8.10. The molecule has 32 heavy (non-hydrogen) atoms. The number of fused-ring (bicyclic) bond motifs is 1. The molecule has 1 heterocycles. The maximum absolute atomic E-state index is 12.9. The summed E-state index contributed by atoms with van der Waals surface area (Å²) in [6.07, 6.45) is 0. The van der Waals surface area contributed by atoms with Crippen LogP contribution < -0.4 is 10.2 Å². The van der Waals surface area contributed by atoms with Gasteiger partial charge in [-0.05, 0) is 63.2 Å². The number of carbonyl (C=O) groups excluding carboxylic acids is 5. The zero-order valence-electron chi connectivity index (χ0n) is 18.1. The van der Waals surface area contributed by atoms with E-state index in [0.717, 1.165) is 4.90 Å². The van der Waals surface area contributed by atoms with Gasteiger partial charge in [0.25, 0.3) is 11.8 Å². The maximum atomic E-state index is 12.9. The second-order valence-corrected chi connectivity index (χ2v) is 8.10. The highest BCUT2D eigenvalue weighted by Gasteiger charge is 2.37. The van der Waals surface area contributed by atoms with Crippen LogP contribution >= 0.6 is 0 Å². The van der Waals surface area contributed by atoms with Gasteiger partial charge in [0.05, 0.1) is 22.4 Å². The van der Waals surface area contributed by atoms with E-state index in [1.54, 1.807) is 32.9 Å². The van der Waals surface area contributed by atoms with E-state index in [1.165, 1.54) is 37.3 Å². The molecule has 9 nitrogen and oxygen atoms in total.